The summed E-state index contributed by atoms with van der Waals surface area (Å²) in [6.45, 7) is 6.36. The lowest BCUT2D eigenvalue weighted by molar-refractivity contribution is -0.387. The first-order chi connectivity index (χ1) is 9.85. The Kier molecular flexibility index (Phi) is 6.23. The van der Waals surface area contributed by atoms with Crippen LogP contribution in [0.3, 0.4) is 0 Å². The molecule has 0 aliphatic carbocycles. The van der Waals surface area contributed by atoms with Crippen molar-refractivity contribution >= 4 is 11.6 Å². The highest BCUT2D eigenvalue weighted by molar-refractivity contribution is 5.78. The van der Waals surface area contributed by atoms with Gasteiger partial charge in [-0.15, -0.1) is 0 Å². The molecule has 0 aliphatic heterocycles. The molecule has 116 valence electrons. The Hall–Kier alpha value is -2.02. The van der Waals surface area contributed by atoms with Crippen molar-refractivity contribution in [2.24, 2.45) is 0 Å². The summed E-state index contributed by atoms with van der Waals surface area (Å²) in [5.74, 6) is -0.997. The van der Waals surface area contributed by atoms with Crippen LogP contribution in [0.4, 0.5) is 10.1 Å². The second-order valence-corrected chi connectivity index (χ2v) is 5.03. The van der Waals surface area contributed by atoms with Crippen LogP contribution >= 0.6 is 0 Å². The highest BCUT2D eigenvalue weighted by Gasteiger charge is 2.19. The largest absolute Gasteiger partial charge is 0.353 e. The van der Waals surface area contributed by atoms with Gasteiger partial charge >= 0.3 is 5.69 Å². The number of benzene rings is 1. The Morgan fingerprint density at radius 3 is 2.67 bits per heavy atom. The van der Waals surface area contributed by atoms with Gasteiger partial charge < -0.3 is 5.32 Å². The van der Waals surface area contributed by atoms with E-state index >= 15 is 0 Å². The number of carbonyl (C=O) groups excluding carboxylic acids is 1. The van der Waals surface area contributed by atoms with Gasteiger partial charge in [0.2, 0.25) is 11.7 Å². The zero-order valence-corrected chi connectivity index (χ0v) is 12.4. The molecule has 0 unspecified atom stereocenters. The average molecular weight is 297 g/mol. The predicted molar refractivity (Wildman–Crippen MR) is 77.3 cm³/mol. The molecule has 0 saturated heterocycles. The molecule has 1 rings (SSSR count). The third kappa shape index (κ3) is 5.11. The lowest BCUT2D eigenvalue weighted by atomic mass is 10.1. The van der Waals surface area contributed by atoms with Crippen molar-refractivity contribution in [2.75, 3.05) is 13.1 Å². The highest BCUT2D eigenvalue weighted by Crippen LogP contribution is 2.21. The molecule has 0 aliphatic rings. The van der Waals surface area contributed by atoms with E-state index in [1.165, 1.54) is 12.1 Å². The molecule has 0 saturated carbocycles. The summed E-state index contributed by atoms with van der Waals surface area (Å²) >= 11 is 0. The van der Waals surface area contributed by atoms with E-state index in [4.69, 9.17) is 0 Å². The van der Waals surface area contributed by atoms with Gasteiger partial charge in [0.05, 0.1) is 11.5 Å². The SMILES string of the molecule is CCN(CC(=O)NC(C)C)Cc1cccc([N+](=O)[O-])c1F. The van der Waals surface area contributed by atoms with Gasteiger partial charge in [-0.2, -0.15) is 4.39 Å². The summed E-state index contributed by atoms with van der Waals surface area (Å²) in [7, 11) is 0. The van der Waals surface area contributed by atoms with E-state index in [9.17, 15) is 19.3 Å². The van der Waals surface area contributed by atoms with E-state index in [-0.39, 0.29) is 30.6 Å². The van der Waals surface area contributed by atoms with Gasteiger partial charge in [0.1, 0.15) is 0 Å². The minimum atomic E-state index is -0.842. The van der Waals surface area contributed by atoms with Crippen molar-refractivity contribution in [3.8, 4) is 0 Å². The zero-order valence-electron chi connectivity index (χ0n) is 12.4. The minimum Gasteiger partial charge on any atom is -0.353 e. The molecule has 6 nitrogen and oxygen atoms in total. The van der Waals surface area contributed by atoms with E-state index in [2.05, 4.69) is 5.32 Å². The Bertz CT molecular complexity index is 520. The van der Waals surface area contributed by atoms with Gasteiger partial charge in [-0.25, -0.2) is 0 Å². The van der Waals surface area contributed by atoms with E-state index in [0.29, 0.717) is 6.54 Å². The molecule has 0 atom stereocenters. The number of nitro groups is 1. The second kappa shape index (κ2) is 7.68. The number of carbonyl (C=O) groups is 1. The van der Waals surface area contributed by atoms with Gasteiger partial charge in [0.25, 0.3) is 0 Å². The fourth-order valence-electron chi connectivity index (χ4n) is 1.92. The van der Waals surface area contributed by atoms with Crippen LogP contribution in [0.2, 0.25) is 0 Å². The molecular weight excluding hydrogens is 277 g/mol. The maximum absolute atomic E-state index is 14.0. The zero-order chi connectivity index (χ0) is 16.0. The Balaban J connectivity index is 2.80. The lowest BCUT2D eigenvalue weighted by Gasteiger charge is -2.21. The molecule has 0 heterocycles. The van der Waals surface area contributed by atoms with Crippen molar-refractivity contribution in [2.45, 2.75) is 33.4 Å². The number of amides is 1. The first kappa shape index (κ1) is 17.0. The number of hydrogen-bond acceptors (Lipinski definition) is 4. The highest BCUT2D eigenvalue weighted by atomic mass is 19.1. The third-order valence-electron chi connectivity index (χ3n) is 2.91. The van der Waals surface area contributed by atoms with Crippen molar-refractivity contribution in [3.63, 3.8) is 0 Å². The molecule has 1 aromatic rings. The molecule has 0 aromatic heterocycles. The smallest absolute Gasteiger partial charge is 0.305 e. The number of halogens is 1. The number of nitrogens with zero attached hydrogens (tertiary/aromatic N) is 2. The summed E-state index contributed by atoms with van der Waals surface area (Å²) in [6, 6.07) is 4.09. The second-order valence-electron chi connectivity index (χ2n) is 5.03. The predicted octanol–water partition coefficient (Wildman–Crippen LogP) is 2.08. The first-order valence-corrected chi connectivity index (χ1v) is 6.78. The van der Waals surface area contributed by atoms with Gasteiger partial charge in [0, 0.05) is 24.2 Å². The number of hydrogen-bond donors (Lipinski definition) is 1. The minimum absolute atomic E-state index is 0.0331. The Morgan fingerprint density at radius 2 is 2.14 bits per heavy atom. The third-order valence-corrected chi connectivity index (χ3v) is 2.91. The average Bonchev–Trinajstić information content (AvgIpc) is 2.38. The Morgan fingerprint density at radius 1 is 1.48 bits per heavy atom. The van der Waals surface area contributed by atoms with Crippen LogP contribution in [0.1, 0.15) is 26.3 Å². The quantitative estimate of drug-likeness (QED) is 0.617. The van der Waals surface area contributed by atoms with Crippen LogP contribution in [-0.4, -0.2) is 34.9 Å². The standard InChI is InChI=1S/C14H20FN3O3/c1-4-17(9-13(19)16-10(2)3)8-11-6-5-7-12(14(11)15)18(20)21/h5-7,10H,4,8-9H2,1-3H3,(H,16,19). The molecule has 1 aromatic carbocycles. The van der Waals surface area contributed by atoms with Crippen LogP contribution in [0, 0.1) is 15.9 Å². The van der Waals surface area contributed by atoms with Gasteiger partial charge in [0.15, 0.2) is 0 Å². The van der Waals surface area contributed by atoms with Crippen LogP contribution in [0.5, 0.6) is 0 Å². The van der Waals surface area contributed by atoms with E-state index in [0.717, 1.165) is 6.07 Å². The van der Waals surface area contributed by atoms with Crippen LogP contribution < -0.4 is 5.32 Å². The summed E-state index contributed by atoms with van der Waals surface area (Å²) < 4.78 is 14.0. The summed E-state index contributed by atoms with van der Waals surface area (Å²) in [4.78, 5) is 23.4. The molecule has 1 amide bonds. The lowest BCUT2D eigenvalue weighted by Crippen LogP contribution is -2.39. The van der Waals surface area contributed by atoms with E-state index in [1.54, 1.807) is 4.90 Å². The first-order valence-electron chi connectivity index (χ1n) is 6.78. The van der Waals surface area contributed by atoms with Crippen molar-refractivity contribution in [1.29, 1.82) is 0 Å². The number of nitrogens with one attached hydrogen (secondary N) is 1. The Labute approximate surface area is 123 Å². The molecule has 0 spiro atoms. The number of nitro benzene ring substituents is 1. The van der Waals surface area contributed by atoms with Gasteiger partial charge in [-0.3, -0.25) is 19.8 Å². The van der Waals surface area contributed by atoms with Crippen molar-refractivity contribution in [3.05, 3.63) is 39.7 Å². The van der Waals surface area contributed by atoms with Crippen LogP contribution in [0.15, 0.2) is 18.2 Å². The van der Waals surface area contributed by atoms with Crippen molar-refractivity contribution in [1.82, 2.24) is 10.2 Å². The molecule has 21 heavy (non-hydrogen) atoms. The monoisotopic (exact) mass is 297 g/mol. The van der Waals surface area contributed by atoms with Gasteiger partial charge in [-0.05, 0) is 20.4 Å². The summed E-state index contributed by atoms with van der Waals surface area (Å²) in [5.41, 5.74) is -0.335. The van der Waals surface area contributed by atoms with Crippen molar-refractivity contribution < 1.29 is 14.1 Å². The van der Waals surface area contributed by atoms with E-state index < -0.39 is 16.4 Å². The van der Waals surface area contributed by atoms with Crippen LogP contribution in [-0.2, 0) is 11.3 Å². The molecular formula is C14H20FN3O3. The number of likely N-dealkylation sites (N-methyl/N-ethyl adjacent to an activating group) is 1. The topological polar surface area (TPSA) is 75.5 Å². The molecule has 0 radical (unpaired) electrons. The summed E-state index contributed by atoms with van der Waals surface area (Å²) in [6.07, 6.45) is 0. The van der Waals surface area contributed by atoms with Crippen LogP contribution in [0.25, 0.3) is 0 Å². The molecule has 7 heteroatoms. The molecule has 1 N–H and O–H groups in total. The molecule has 0 bridgehead atoms. The normalized spacial score (nSPS) is 11.0. The maximum atomic E-state index is 14.0. The van der Waals surface area contributed by atoms with Gasteiger partial charge in [-0.1, -0.05) is 19.1 Å². The fraction of sp³-hybridized carbons (Fsp3) is 0.500. The fourth-order valence-corrected chi connectivity index (χ4v) is 1.92. The van der Waals surface area contributed by atoms with E-state index in [1.807, 2.05) is 20.8 Å². The number of rotatable bonds is 7. The summed E-state index contributed by atoms with van der Waals surface area (Å²) in [5, 5.41) is 13.5. The molecule has 0 fully saturated rings. The maximum Gasteiger partial charge on any atom is 0.305 e.